The second-order valence-corrected chi connectivity index (χ2v) is 6.81. The van der Waals surface area contributed by atoms with Crippen LogP contribution >= 0.6 is 0 Å². The molecule has 0 amide bonds. The molecule has 1 unspecified atom stereocenters. The number of nitrogens with one attached hydrogen (secondary N) is 1. The van der Waals surface area contributed by atoms with Crippen LogP contribution in [0.1, 0.15) is 45.2 Å². The van der Waals surface area contributed by atoms with Crippen LogP contribution in [0.15, 0.2) is 18.5 Å². The first-order valence-electron chi connectivity index (χ1n) is 7.25. The summed E-state index contributed by atoms with van der Waals surface area (Å²) in [5, 5.41) is 3.71. The Labute approximate surface area is 117 Å². The van der Waals surface area contributed by atoms with Crippen molar-refractivity contribution in [2.45, 2.75) is 58.7 Å². The first-order valence-corrected chi connectivity index (χ1v) is 7.25. The van der Waals surface area contributed by atoms with E-state index in [1.807, 2.05) is 12.4 Å². The Morgan fingerprint density at radius 1 is 1.32 bits per heavy atom. The third-order valence-electron chi connectivity index (χ3n) is 4.43. The molecular formula is C16H27N3. The molecule has 1 fully saturated rings. The van der Waals surface area contributed by atoms with Gasteiger partial charge in [-0.15, -0.1) is 0 Å². The molecule has 2 heterocycles. The second-order valence-electron chi connectivity index (χ2n) is 6.81. The lowest BCUT2D eigenvalue weighted by Gasteiger charge is -2.50. The standard InChI is InChI=1S/C16H27N3/c1-6-16(5)12-19(15(3,4)11-18-16)10-14-7-13(2)8-17-9-14/h7-9,18H,6,10-12H2,1-5H3. The lowest BCUT2D eigenvalue weighted by Crippen LogP contribution is -2.66. The molecule has 3 heteroatoms. The van der Waals surface area contributed by atoms with Gasteiger partial charge in [-0.25, -0.2) is 0 Å². The Morgan fingerprint density at radius 3 is 2.68 bits per heavy atom. The van der Waals surface area contributed by atoms with E-state index in [2.05, 4.69) is 55.9 Å². The van der Waals surface area contributed by atoms with E-state index in [4.69, 9.17) is 0 Å². The van der Waals surface area contributed by atoms with E-state index in [0.29, 0.717) is 0 Å². The number of aromatic nitrogens is 1. The van der Waals surface area contributed by atoms with E-state index < -0.39 is 0 Å². The first-order chi connectivity index (χ1) is 8.85. The highest BCUT2D eigenvalue weighted by molar-refractivity contribution is 5.17. The van der Waals surface area contributed by atoms with Crippen LogP contribution in [0, 0.1) is 6.92 Å². The summed E-state index contributed by atoms with van der Waals surface area (Å²) in [6.45, 7) is 14.4. The Morgan fingerprint density at radius 2 is 2.05 bits per heavy atom. The van der Waals surface area contributed by atoms with Gasteiger partial charge in [0.1, 0.15) is 0 Å². The fraction of sp³-hybridized carbons (Fsp3) is 0.688. The Bertz CT molecular complexity index is 441. The molecular weight excluding hydrogens is 234 g/mol. The van der Waals surface area contributed by atoms with Crippen molar-refractivity contribution in [1.29, 1.82) is 0 Å². The monoisotopic (exact) mass is 261 g/mol. The number of piperazine rings is 1. The molecule has 19 heavy (non-hydrogen) atoms. The van der Waals surface area contributed by atoms with Gasteiger partial charge in [0.05, 0.1) is 0 Å². The van der Waals surface area contributed by atoms with E-state index >= 15 is 0 Å². The predicted molar refractivity (Wildman–Crippen MR) is 80.2 cm³/mol. The molecule has 2 rings (SSSR count). The summed E-state index contributed by atoms with van der Waals surface area (Å²) >= 11 is 0. The predicted octanol–water partition coefficient (Wildman–Crippen LogP) is 2.74. The average molecular weight is 261 g/mol. The van der Waals surface area contributed by atoms with Crippen LogP contribution in [0.5, 0.6) is 0 Å². The van der Waals surface area contributed by atoms with E-state index in [9.17, 15) is 0 Å². The summed E-state index contributed by atoms with van der Waals surface area (Å²) < 4.78 is 0. The van der Waals surface area contributed by atoms with Crippen molar-refractivity contribution in [3.63, 3.8) is 0 Å². The van der Waals surface area contributed by atoms with E-state index in [1.54, 1.807) is 0 Å². The van der Waals surface area contributed by atoms with Crippen molar-refractivity contribution in [3.05, 3.63) is 29.6 Å². The molecule has 0 radical (unpaired) electrons. The minimum atomic E-state index is 0.193. The molecule has 1 saturated heterocycles. The van der Waals surface area contributed by atoms with Crippen LogP contribution in [0.4, 0.5) is 0 Å². The molecule has 0 aromatic carbocycles. The van der Waals surface area contributed by atoms with Crippen molar-refractivity contribution in [1.82, 2.24) is 15.2 Å². The lowest BCUT2D eigenvalue weighted by atomic mass is 9.88. The maximum Gasteiger partial charge on any atom is 0.0313 e. The molecule has 106 valence electrons. The minimum absolute atomic E-state index is 0.193. The zero-order valence-corrected chi connectivity index (χ0v) is 13.0. The lowest BCUT2D eigenvalue weighted by molar-refractivity contribution is 0.0245. The molecule has 0 spiro atoms. The van der Waals surface area contributed by atoms with E-state index in [1.165, 1.54) is 11.1 Å². The molecule has 0 aliphatic carbocycles. The molecule has 1 atom stereocenters. The van der Waals surface area contributed by atoms with E-state index in [0.717, 1.165) is 26.1 Å². The summed E-state index contributed by atoms with van der Waals surface area (Å²) in [5.41, 5.74) is 2.97. The van der Waals surface area contributed by atoms with Gasteiger partial charge in [0.2, 0.25) is 0 Å². The van der Waals surface area contributed by atoms with Gasteiger partial charge in [-0.05, 0) is 45.2 Å². The maximum absolute atomic E-state index is 4.31. The number of rotatable bonds is 3. The maximum atomic E-state index is 4.31. The van der Waals surface area contributed by atoms with Crippen LogP contribution < -0.4 is 5.32 Å². The molecule has 1 aromatic rings. The highest BCUT2D eigenvalue weighted by Gasteiger charge is 2.38. The van der Waals surface area contributed by atoms with Crippen molar-refractivity contribution < 1.29 is 0 Å². The normalized spacial score (nSPS) is 27.4. The van der Waals surface area contributed by atoms with Gasteiger partial charge in [-0.1, -0.05) is 13.0 Å². The quantitative estimate of drug-likeness (QED) is 0.907. The zero-order chi connectivity index (χ0) is 14.1. The van der Waals surface area contributed by atoms with Gasteiger partial charge in [0.25, 0.3) is 0 Å². The van der Waals surface area contributed by atoms with Gasteiger partial charge in [-0.3, -0.25) is 9.88 Å². The Balaban J connectivity index is 2.16. The van der Waals surface area contributed by atoms with Crippen LogP contribution in [-0.2, 0) is 6.54 Å². The summed E-state index contributed by atoms with van der Waals surface area (Å²) in [4.78, 5) is 6.90. The fourth-order valence-electron chi connectivity index (χ4n) is 2.66. The smallest absolute Gasteiger partial charge is 0.0313 e. The van der Waals surface area contributed by atoms with Crippen molar-refractivity contribution in [2.75, 3.05) is 13.1 Å². The molecule has 1 aromatic heterocycles. The summed E-state index contributed by atoms with van der Waals surface area (Å²) in [6, 6.07) is 2.24. The molecule has 1 N–H and O–H groups in total. The number of nitrogens with zero attached hydrogens (tertiary/aromatic N) is 2. The topological polar surface area (TPSA) is 28.2 Å². The summed E-state index contributed by atoms with van der Waals surface area (Å²) in [6.07, 6.45) is 5.07. The number of hydrogen-bond donors (Lipinski definition) is 1. The number of hydrogen-bond acceptors (Lipinski definition) is 3. The average Bonchev–Trinajstić information content (AvgIpc) is 2.35. The first kappa shape index (κ1) is 14.5. The van der Waals surface area contributed by atoms with Crippen LogP contribution in [0.3, 0.4) is 0 Å². The molecule has 3 nitrogen and oxygen atoms in total. The van der Waals surface area contributed by atoms with Gasteiger partial charge >= 0.3 is 0 Å². The second kappa shape index (κ2) is 5.22. The van der Waals surface area contributed by atoms with Crippen molar-refractivity contribution >= 4 is 0 Å². The van der Waals surface area contributed by atoms with Gasteiger partial charge < -0.3 is 5.32 Å². The molecule has 0 saturated carbocycles. The van der Waals surface area contributed by atoms with Crippen LogP contribution in [0.25, 0.3) is 0 Å². The van der Waals surface area contributed by atoms with Crippen LogP contribution in [0.2, 0.25) is 0 Å². The number of aryl methyl sites for hydroxylation is 1. The minimum Gasteiger partial charge on any atom is -0.308 e. The van der Waals surface area contributed by atoms with Gasteiger partial charge in [0, 0.05) is 43.1 Å². The number of pyridine rings is 1. The highest BCUT2D eigenvalue weighted by Crippen LogP contribution is 2.27. The third-order valence-corrected chi connectivity index (χ3v) is 4.43. The third kappa shape index (κ3) is 3.34. The fourth-order valence-corrected chi connectivity index (χ4v) is 2.66. The largest absolute Gasteiger partial charge is 0.308 e. The summed E-state index contributed by atoms with van der Waals surface area (Å²) in [7, 11) is 0. The Kier molecular flexibility index (Phi) is 3.98. The van der Waals surface area contributed by atoms with Crippen LogP contribution in [-0.4, -0.2) is 34.1 Å². The summed E-state index contributed by atoms with van der Waals surface area (Å²) in [5.74, 6) is 0. The highest BCUT2D eigenvalue weighted by atomic mass is 15.3. The zero-order valence-electron chi connectivity index (χ0n) is 13.0. The van der Waals surface area contributed by atoms with Gasteiger partial charge in [-0.2, -0.15) is 0 Å². The van der Waals surface area contributed by atoms with Crippen molar-refractivity contribution in [3.8, 4) is 0 Å². The molecule has 0 bridgehead atoms. The van der Waals surface area contributed by atoms with Crippen molar-refractivity contribution in [2.24, 2.45) is 0 Å². The molecule has 1 aliphatic heterocycles. The van der Waals surface area contributed by atoms with Gasteiger partial charge in [0.15, 0.2) is 0 Å². The SMILES string of the molecule is CCC1(C)CN(Cc2cncc(C)c2)C(C)(C)CN1. The molecule has 1 aliphatic rings. The Hall–Kier alpha value is -0.930. The van der Waals surface area contributed by atoms with E-state index in [-0.39, 0.29) is 11.1 Å².